The largest absolute Gasteiger partial charge is 0.373 e. The van der Waals surface area contributed by atoms with Gasteiger partial charge in [0.15, 0.2) is 5.96 Å². The fourth-order valence-electron chi connectivity index (χ4n) is 3.61. The highest BCUT2D eigenvalue weighted by atomic mass is 16.5. The summed E-state index contributed by atoms with van der Waals surface area (Å²) in [7, 11) is 0. The molecule has 2 atom stereocenters. The van der Waals surface area contributed by atoms with E-state index in [2.05, 4.69) is 65.6 Å². The third kappa shape index (κ3) is 7.15. The SMILES string of the molecule is CCNC(=NCc1ccc(CN2CC(C)OC(C)C2)cc1)NCc1ccccn1. The first kappa shape index (κ1) is 21.3. The Labute approximate surface area is 174 Å². The van der Waals surface area contributed by atoms with Gasteiger partial charge in [0.1, 0.15) is 0 Å². The molecule has 0 bridgehead atoms. The van der Waals surface area contributed by atoms with E-state index in [0.29, 0.717) is 25.3 Å². The third-order valence-corrected chi connectivity index (χ3v) is 4.85. The molecule has 0 aliphatic carbocycles. The topological polar surface area (TPSA) is 61.8 Å². The lowest BCUT2D eigenvalue weighted by molar-refractivity contribution is -0.0704. The number of benzene rings is 1. The maximum absolute atomic E-state index is 5.82. The molecule has 1 aliphatic heterocycles. The van der Waals surface area contributed by atoms with Crippen molar-refractivity contribution in [1.29, 1.82) is 0 Å². The molecular weight excluding hydrogens is 362 g/mol. The average Bonchev–Trinajstić information content (AvgIpc) is 2.71. The van der Waals surface area contributed by atoms with Crippen molar-refractivity contribution >= 4 is 5.96 Å². The molecule has 156 valence electrons. The number of nitrogens with zero attached hydrogens (tertiary/aromatic N) is 3. The van der Waals surface area contributed by atoms with Crippen LogP contribution in [0.5, 0.6) is 0 Å². The number of aliphatic imine (C=N–C) groups is 1. The van der Waals surface area contributed by atoms with Crippen LogP contribution in [0.3, 0.4) is 0 Å². The maximum Gasteiger partial charge on any atom is 0.191 e. The number of hydrogen-bond acceptors (Lipinski definition) is 4. The lowest BCUT2D eigenvalue weighted by Gasteiger charge is -2.35. The quantitative estimate of drug-likeness (QED) is 0.558. The number of guanidine groups is 1. The van der Waals surface area contributed by atoms with Crippen molar-refractivity contribution in [3.8, 4) is 0 Å². The number of nitrogens with one attached hydrogen (secondary N) is 2. The van der Waals surface area contributed by atoms with Crippen LogP contribution in [0.1, 0.15) is 37.6 Å². The Morgan fingerprint density at radius 3 is 2.45 bits per heavy atom. The number of aromatic nitrogens is 1. The number of ether oxygens (including phenoxy) is 1. The summed E-state index contributed by atoms with van der Waals surface area (Å²) in [5.74, 6) is 0.804. The van der Waals surface area contributed by atoms with Gasteiger partial charge in [-0.25, -0.2) is 4.99 Å². The van der Waals surface area contributed by atoms with Crippen LogP contribution in [0.15, 0.2) is 53.7 Å². The minimum Gasteiger partial charge on any atom is -0.373 e. The second-order valence-electron chi connectivity index (χ2n) is 7.64. The lowest BCUT2D eigenvalue weighted by atomic mass is 10.1. The summed E-state index contributed by atoms with van der Waals surface area (Å²) in [6.45, 7) is 11.4. The number of hydrogen-bond donors (Lipinski definition) is 2. The van der Waals surface area contributed by atoms with Gasteiger partial charge in [-0.15, -0.1) is 0 Å². The molecule has 0 saturated carbocycles. The highest BCUT2D eigenvalue weighted by Gasteiger charge is 2.21. The first-order valence-electron chi connectivity index (χ1n) is 10.5. The molecule has 6 nitrogen and oxygen atoms in total. The Hall–Kier alpha value is -2.44. The van der Waals surface area contributed by atoms with Crippen molar-refractivity contribution < 1.29 is 4.74 Å². The predicted molar refractivity (Wildman–Crippen MR) is 118 cm³/mol. The van der Waals surface area contributed by atoms with Gasteiger partial charge in [-0.3, -0.25) is 9.88 Å². The van der Waals surface area contributed by atoms with Crippen LogP contribution in [0.25, 0.3) is 0 Å². The molecule has 1 fully saturated rings. The number of morpholine rings is 1. The fraction of sp³-hybridized carbons (Fsp3) is 0.478. The highest BCUT2D eigenvalue weighted by molar-refractivity contribution is 5.79. The molecule has 6 heteroatoms. The molecule has 1 aromatic carbocycles. The van der Waals surface area contributed by atoms with Crippen LogP contribution >= 0.6 is 0 Å². The Kier molecular flexibility index (Phi) is 8.02. The van der Waals surface area contributed by atoms with Gasteiger partial charge in [0.2, 0.25) is 0 Å². The maximum atomic E-state index is 5.82. The van der Waals surface area contributed by atoms with Gasteiger partial charge in [0, 0.05) is 32.4 Å². The predicted octanol–water partition coefficient (Wildman–Crippen LogP) is 2.95. The van der Waals surface area contributed by atoms with Crippen molar-refractivity contribution in [2.75, 3.05) is 19.6 Å². The molecule has 2 heterocycles. The Morgan fingerprint density at radius 2 is 1.79 bits per heavy atom. The molecule has 29 heavy (non-hydrogen) atoms. The van der Waals surface area contributed by atoms with E-state index >= 15 is 0 Å². The molecular formula is C23H33N5O. The smallest absolute Gasteiger partial charge is 0.191 e. The van der Waals surface area contributed by atoms with Crippen LogP contribution in [-0.4, -0.2) is 47.7 Å². The van der Waals surface area contributed by atoms with Crippen molar-refractivity contribution in [2.45, 2.75) is 52.6 Å². The molecule has 0 spiro atoms. The highest BCUT2D eigenvalue weighted by Crippen LogP contribution is 2.15. The summed E-state index contributed by atoms with van der Waals surface area (Å²) in [6, 6.07) is 14.7. The van der Waals surface area contributed by atoms with E-state index in [-0.39, 0.29) is 0 Å². The summed E-state index contributed by atoms with van der Waals surface area (Å²) in [6.07, 6.45) is 2.41. The lowest BCUT2D eigenvalue weighted by Crippen LogP contribution is -2.44. The van der Waals surface area contributed by atoms with Crippen LogP contribution in [-0.2, 0) is 24.4 Å². The van der Waals surface area contributed by atoms with Crippen LogP contribution in [0.2, 0.25) is 0 Å². The number of pyridine rings is 1. The van der Waals surface area contributed by atoms with E-state index in [1.54, 1.807) is 6.20 Å². The van der Waals surface area contributed by atoms with Gasteiger partial charge in [0.05, 0.1) is 31.0 Å². The Bertz CT molecular complexity index is 753. The van der Waals surface area contributed by atoms with E-state index in [4.69, 9.17) is 9.73 Å². The molecule has 1 saturated heterocycles. The second-order valence-corrected chi connectivity index (χ2v) is 7.64. The summed E-state index contributed by atoms with van der Waals surface area (Å²) in [5, 5.41) is 6.63. The van der Waals surface area contributed by atoms with E-state index < -0.39 is 0 Å². The standard InChI is InChI=1S/C23H33N5O/c1-4-24-23(27-14-22-7-5-6-12-25-22)26-13-20-8-10-21(11-9-20)17-28-15-18(2)29-19(3)16-28/h5-12,18-19H,4,13-17H2,1-3H3,(H2,24,26,27). The van der Waals surface area contributed by atoms with Crippen LogP contribution < -0.4 is 10.6 Å². The summed E-state index contributed by atoms with van der Waals surface area (Å²) < 4.78 is 5.82. The van der Waals surface area contributed by atoms with Crippen molar-refractivity contribution in [2.24, 2.45) is 4.99 Å². The Balaban J connectivity index is 1.53. The van der Waals surface area contributed by atoms with Crippen LogP contribution in [0, 0.1) is 0 Å². The van der Waals surface area contributed by atoms with E-state index in [1.165, 1.54) is 11.1 Å². The zero-order chi connectivity index (χ0) is 20.5. The molecule has 2 N–H and O–H groups in total. The van der Waals surface area contributed by atoms with Crippen LogP contribution in [0.4, 0.5) is 0 Å². The molecule has 0 radical (unpaired) electrons. The molecule has 1 aliphatic rings. The van der Waals surface area contributed by atoms with Crippen molar-refractivity contribution in [3.63, 3.8) is 0 Å². The second kappa shape index (κ2) is 10.9. The summed E-state index contributed by atoms with van der Waals surface area (Å²) in [4.78, 5) is 11.5. The van der Waals surface area contributed by atoms with Gasteiger partial charge in [0.25, 0.3) is 0 Å². The van der Waals surface area contributed by atoms with E-state index in [0.717, 1.165) is 37.8 Å². The Morgan fingerprint density at radius 1 is 1.07 bits per heavy atom. The third-order valence-electron chi connectivity index (χ3n) is 4.85. The molecule has 2 aromatic rings. The molecule has 0 amide bonds. The molecule has 1 aromatic heterocycles. The zero-order valence-corrected chi connectivity index (χ0v) is 17.8. The summed E-state index contributed by atoms with van der Waals surface area (Å²) in [5.41, 5.74) is 3.53. The minimum atomic E-state index is 0.301. The van der Waals surface area contributed by atoms with Gasteiger partial charge >= 0.3 is 0 Å². The average molecular weight is 396 g/mol. The van der Waals surface area contributed by atoms with E-state index in [1.807, 2.05) is 18.2 Å². The van der Waals surface area contributed by atoms with Gasteiger partial charge < -0.3 is 15.4 Å². The summed E-state index contributed by atoms with van der Waals surface area (Å²) >= 11 is 0. The first-order valence-corrected chi connectivity index (χ1v) is 10.5. The van der Waals surface area contributed by atoms with Gasteiger partial charge in [-0.05, 0) is 44.0 Å². The minimum absolute atomic E-state index is 0.301. The fourth-order valence-corrected chi connectivity index (χ4v) is 3.61. The zero-order valence-electron chi connectivity index (χ0n) is 17.8. The van der Waals surface area contributed by atoms with Gasteiger partial charge in [-0.1, -0.05) is 30.3 Å². The first-order chi connectivity index (χ1) is 14.1. The molecule has 3 rings (SSSR count). The number of rotatable bonds is 7. The normalized spacial score (nSPS) is 20.4. The monoisotopic (exact) mass is 395 g/mol. The molecule has 2 unspecified atom stereocenters. The van der Waals surface area contributed by atoms with Crippen molar-refractivity contribution in [3.05, 3.63) is 65.5 Å². The van der Waals surface area contributed by atoms with Gasteiger partial charge in [-0.2, -0.15) is 0 Å². The van der Waals surface area contributed by atoms with E-state index in [9.17, 15) is 0 Å². The van der Waals surface area contributed by atoms with Crippen molar-refractivity contribution in [1.82, 2.24) is 20.5 Å².